The van der Waals surface area contributed by atoms with Crippen LogP contribution in [0.2, 0.25) is 0 Å². The molecule has 0 bridgehead atoms. The zero-order valence-corrected chi connectivity index (χ0v) is 11.6. The number of hydrogen-bond donors (Lipinski definition) is 1. The van der Waals surface area contributed by atoms with E-state index in [1.165, 1.54) is 11.3 Å². The summed E-state index contributed by atoms with van der Waals surface area (Å²) in [6.07, 6.45) is 1.72. The lowest BCUT2D eigenvalue weighted by atomic mass is 10.1. The fourth-order valence-electron chi connectivity index (χ4n) is 1.98. The van der Waals surface area contributed by atoms with E-state index in [0.717, 1.165) is 5.69 Å². The molecule has 106 valence electrons. The van der Waals surface area contributed by atoms with Crippen molar-refractivity contribution in [2.24, 2.45) is 0 Å². The van der Waals surface area contributed by atoms with Crippen LogP contribution in [0.5, 0.6) is 0 Å². The molecule has 0 spiro atoms. The number of amides is 1. The molecular formula is C13H16N4O3. The summed E-state index contributed by atoms with van der Waals surface area (Å²) in [4.78, 5) is 32.2. The van der Waals surface area contributed by atoms with Gasteiger partial charge in [-0.2, -0.15) is 4.98 Å². The second-order valence-corrected chi connectivity index (χ2v) is 4.66. The molecule has 0 saturated heterocycles. The van der Waals surface area contributed by atoms with Crippen LogP contribution in [0, 0.1) is 13.8 Å². The van der Waals surface area contributed by atoms with Gasteiger partial charge in [0.1, 0.15) is 5.56 Å². The number of likely N-dealkylation sites (N-methyl/N-ethyl adjacent to an activating group) is 1. The fraction of sp³-hybridized carbons (Fsp3) is 0.385. The van der Waals surface area contributed by atoms with Gasteiger partial charge in [0.15, 0.2) is 5.82 Å². The quantitative estimate of drug-likeness (QED) is 0.887. The molecular weight excluding hydrogens is 260 g/mol. The van der Waals surface area contributed by atoms with Crippen LogP contribution in [0.3, 0.4) is 0 Å². The van der Waals surface area contributed by atoms with Crippen LogP contribution in [0.25, 0.3) is 0 Å². The highest BCUT2D eigenvalue weighted by molar-refractivity contribution is 5.95. The molecule has 7 heteroatoms. The van der Waals surface area contributed by atoms with Gasteiger partial charge in [0.25, 0.3) is 11.5 Å². The number of carbonyl (C=O) groups excluding carboxylic acids is 1. The highest BCUT2D eigenvalue weighted by atomic mass is 16.5. The minimum Gasteiger partial charge on any atom is -0.343 e. The Morgan fingerprint density at radius 3 is 2.80 bits per heavy atom. The molecule has 2 rings (SSSR count). The van der Waals surface area contributed by atoms with E-state index in [9.17, 15) is 9.59 Å². The van der Waals surface area contributed by atoms with Gasteiger partial charge in [0, 0.05) is 25.7 Å². The molecule has 0 radical (unpaired) electrons. The average Bonchev–Trinajstić information content (AvgIpc) is 2.87. The van der Waals surface area contributed by atoms with E-state index in [-0.39, 0.29) is 17.0 Å². The molecule has 0 aliphatic carbocycles. The summed E-state index contributed by atoms with van der Waals surface area (Å²) >= 11 is 0. The lowest BCUT2D eigenvalue weighted by Crippen LogP contribution is -2.34. The summed E-state index contributed by atoms with van der Waals surface area (Å²) in [6.45, 7) is 3.94. The zero-order valence-electron chi connectivity index (χ0n) is 11.6. The van der Waals surface area contributed by atoms with Crippen molar-refractivity contribution in [3.8, 4) is 0 Å². The molecule has 1 amide bonds. The first kappa shape index (κ1) is 14.0. The van der Waals surface area contributed by atoms with Gasteiger partial charge in [0.05, 0.1) is 0 Å². The van der Waals surface area contributed by atoms with Gasteiger partial charge in [-0.1, -0.05) is 5.16 Å². The molecule has 0 aromatic carbocycles. The molecule has 2 heterocycles. The molecule has 0 saturated carbocycles. The van der Waals surface area contributed by atoms with E-state index < -0.39 is 0 Å². The number of pyridine rings is 1. The van der Waals surface area contributed by atoms with Gasteiger partial charge >= 0.3 is 0 Å². The fourth-order valence-corrected chi connectivity index (χ4v) is 1.98. The van der Waals surface area contributed by atoms with Crippen LogP contribution in [0.4, 0.5) is 0 Å². The van der Waals surface area contributed by atoms with Crippen LogP contribution < -0.4 is 5.56 Å². The molecule has 0 aliphatic rings. The number of aryl methyl sites for hydroxylation is 2. The van der Waals surface area contributed by atoms with Crippen LogP contribution in [-0.4, -0.2) is 39.5 Å². The average molecular weight is 276 g/mol. The van der Waals surface area contributed by atoms with Gasteiger partial charge in [-0.25, -0.2) is 0 Å². The van der Waals surface area contributed by atoms with Gasteiger partial charge < -0.3 is 14.4 Å². The number of rotatable bonds is 4. The van der Waals surface area contributed by atoms with Crippen LogP contribution >= 0.6 is 0 Å². The predicted molar refractivity (Wildman–Crippen MR) is 71.5 cm³/mol. The highest BCUT2D eigenvalue weighted by Gasteiger charge is 2.18. The van der Waals surface area contributed by atoms with Crippen LogP contribution in [0.15, 0.2) is 21.8 Å². The third-order valence-electron chi connectivity index (χ3n) is 3.00. The van der Waals surface area contributed by atoms with Crippen molar-refractivity contribution in [2.45, 2.75) is 20.3 Å². The maximum atomic E-state index is 12.3. The number of nitrogens with one attached hydrogen (secondary N) is 1. The lowest BCUT2D eigenvalue weighted by Gasteiger charge is -2.17. The summed E-state index contributed by atoms with van der Waals surface area (Å²) in [7, 11) is 1.64. The Hall–Kier alpha value is -2.44. The second-order valence-electron chi connectivity index (χ2n) is 4.66. The van der Waals surface area contributed by atoms with Gasteiger partial charge in [-0.05, 0) is 25.5 Å². The summed E-state index contributed by atoms with van der Waals surface area (Å²) in [5, 5.41) is 3.68. The summed E-state index contributed by atoms with van der Waals surface area (Å²) in [5.74, 6) is 0.214. The number of H-pyrrole nitrogens is 1. The van der Waals surface area contributed by atoms with Gasteiger partial charge in [0.2, 0.25) is 6.39 Å². The Kier molecular flexibility index (Phi) is 3.97. The molecule has 0 unspecified atom stereocenters. The Bertz CT molecular complexity index is 661. The molecule has 0 fully saturated rings. The van der Waals surface area contributed by atoms with E-state index >= 15 is 0 Å². The number of aromatic amines is 1. The number of nitrogens with zero attached hydrogens (tertiary/aromatic N) is 3. The molecule has 20 heavy (non-hydrogen) atoms. The minimum atomic E-state index is -0.362. The van der Waals surface area contributed by atoms with E-state index in [1.807, 2.05) is 0 Å². The molecule has 7 nitrogen and oxygen atoms in total. The first-order valence-electron chi connectivity index (χ1n) is 6.20. The first-order chi connectivity index (χ1) is 9.49. The van der Waals surface area contributed by atoms with Gasteiger partial charge in [-0.3, -0.25) is 9.59 Å². The molecule has 0 atom stereocenters. The largest absolute Gasteiger partial charge is 0.343 e. The van der Waals surface area contributed by atoms with E-state index in [1.54, 1.807) is 27.0 Å². The SMILES string of the molecule is Cc1cc(C)c(C(=O)N(C)CCc2ncon2)c(=O)[nH]1. The molecule has 2 aromatic rings. The van der Waals surface area contributed by atoms with Crippen molar-refractivity contribution in [1.29, 1.82) is 0 Å². The lowest BCUT2D eigenvalue weighted by molar-refractivity contribution is 0.0793. The van der Waals surface area contributed by atoms with Crippen molar-refractivity contribution in [1.82, 2.24) is 20.0 Å². The van der Waals surface area contributed by atoms with Gasteiger partial charge in [-0.15, -0.1) is 0 Å². The monoisotopic (exact) mass is 276 g/mol. The summed E-state index contributed by atoms with van der Waals surface area (Å²) < 4.78 is 4.62. The Balaban J connectivity index is 2.13. The Labute approximate surface area is 115 Å². The van der Waals surface area contributed by atoms with E-state index in [2.05, 4.69) is 19.6 Å². The topological polar surface area (TPSA) is 92.1 Å². The van der Waals surface area contributed by atoms with Crippen molar-refractivity contribution in [3.63, 3.8) is 0 Å². The van der Waals surface area contributed by atoms with Crippen molar-refractivity contribution in [3.05, 3.63) is 45.5 Å². The third kappa shape index (κ3) is 2.93. The van der Waals surface area contributed by atoms with Crippen molar-refractivity contribution < 1.29 is 9.32 Å². The normalized spacial score (nSPS) is 10.6. The Morgan fingerprint density at radius 1 is 1.45 bits per heavy atom. The van der Waals surface area contributed by atoms with E-state index in [4.69, 9.17) is 0 Å². The number of carbonyl (C=O) groups is 1. The molecule has 0 aliphatic heterocycles. The number of aromatic nitrogens is 3. The first-order valence-corrected chi connectivity index (χ1v) is 6.20. The Morgan fingerprint density at radius 2 is 2.20 bits per heavy atom. The molecule has 1 N–H and O–H groups in total. The maximum absolute atomic E-state index is 12.3. The smallest absolute Gasteiger partial charge is 0.261 e. The van der Waals surface area contributed by atoms with Crippen molar-refractivity contribution >= 4 is 5.91 Å². The predicted octanol–water partition coefficient (Wildman–Crippen LogP) is 0.689. The summed E-state index contributed by atoms with van der Waals surface area (Å²) in [5.41, 5.74) is 1.21. The standard InChI is InChI=1S/C13H16N4O3/c1-8-6-9(2)15-12(18)11(8)13(19)17(3)5-4-10-14-7-20-16-10/h6-7H,4-5H2,1-3H3,(H,15,18). The van der Waals surface area contributed by atoms with Crippen molar-refractivity contribution in [2.75, 3.05) is 13.6 Å². The second kappa shape index (κ2) is 5.68. The summed E-state index contributed by atoms with van der Waals surface area (Å²) in [6, 6.07) is 1.78. The molecule has 2 aromatic heterocycles. The highest BCUT2D eigenvalue weighted by Crippen LogP contribution is 2.07. The zero-order chi connectivity index (χ0) is 14.7. The van der Waals surface area contributed by atoms with Crippen LogP contribution in [0.1, 0.15) is 27.4 Å². The minimum absolute atomic E-state index is 0.172. The number of hydrogen-bond acceptors (Lipinski definition) is 5. The maximum Gasteiger partial charge on any atom is 0.261 e. The van der Waals surface area contributed by atoms with E-state index in [0.29, 0.717) is 24.4 Å². The third-order valence-corrected chi connectivity index (χ3v) is 3.00. The van der Waals surface area contributed by atoms with Crippen LogP contribution in [-0.2, 0) is 6.42 Å².